The Morgan fingerprint density at radius 3 is 2.42 bits per heavy atom. The summed E-state index contributed by atoms with van der Waals surface area (Å²) in [6.07, 6.45) is 1.16. The summed E-state index contributed by atoms with van der Waals surface area (Å²) in [5.74, 6) is 1.73. The first-order chi connectivity index (χ1) is 14.6. The standard InChI is InChI=1S/C23H27N3O4.ClH/c1-29-19-4-6-20(7-5-19)30-15-14-25-10-12-26(13-11-25)23(28)18-2-8-21-17(16-18)3-9-22(27)24-21;/h2,4-8,16H,3,9-15H2,1H3,(H,24,27);1H. The van der Waals surface area contributed by atoms with E-state index in [9.17, 15) is 9.59 Å². The second-order valence-corrected chi connectivity index (χ2v) is 7.58. The highest BCUT2D eigenvalue weighted by Gasteiger charge is 2.23. The van der Waals surface area contributed by atoms with Gasteiger partial charge in [-0.3, -0.25) is 14.5 Å². The van der Waals surface area contributed by atoms with Gasteiger partial charge in [-0.25, -0.2) is 0 Å². The van der Waals surface area contributed by atoms with Crippen molar-refractivity contribution in [3.63, 3.8) is 0 Å². The molecule has 0 aromatic heterocycles. The second kappa shape index (κ2) is 10.5. The van der Waals surface area contributed by atoms with Crippen LogP contribution in [0.1, 0.15) is 22.3 Å². The largest absolute Gasteiger partial charge is 0.497 e. The molecule has 1 N–H and O–H groups in total. The number of ether oxygens (including phenoxy) is 2. The molecule has 166 valence electrons. The molecule has 31 heavy (non-hydrogen) atoms. The average molecular weight is 446 g/mol. The van der Waals surface area contributed by atoms with E-state index < -0.39 is 0 Å². The summed E-state index contributed by atoms with van der Waals surface area (Å²) in [6, 6.07) is 13.1. The number of piperazine rings is 1. The van der Waals surface area contributed by atoms with Gasteiger partial charge in [-0.1, -0.05) is 0 Å². The molecule has 2 aromatic rings. The summed E-state index contributed by atoms with van der Waals surface area (Å²) >= 11 is 0. The number of halogens is 1. The molecule has 2 aliphatic heterocycles. The molecule has 1 saturated heterocycles. The van der Waals surface area contributed by atoms with Crippen molar-refractivity contribution in [3.8, 4) is 11.5 Å². The summed E-state index contributed by atoms with van der Waals surface area (Å²) in [6.45, 7) is 4.51. The fraction of sp³-hybridized carbons (Fsp3) is 0.391. The van der Waals surface area contributed by atoms with Crippen LogP contribution in [-0.2, 0) is 11.2 Å². The Hall–Kier alpha value is -2.77. The van der Waals surface area contributed by atoms with E-state index in [0.717, 1.165) is 42.4 Å². The molecule has 0 spiro atoms. The molecule has 2 aliphatic rings. The summed E-state index contributed by atoms with van der Waals surface area (Å²) < 4.78 is 11.0. The molecule has 0 aliphatic carbocycles. The number of hydrogen-bond acceptors (Lipinski definition) is 5. The van der Waals surface area contributed by atoms with Gasteiger partial charge in [0.1, 0.15) is 18.1 Å². The maximum atomic E-state index is 12.9. The zero-order valence-electron chi connectivity index (χ0n) is 17.6. The van der Waals surface area contributed by atoms with Crippen molar-refractivity contribution < 1.29 is 19.1 Å². The molecular weight excluding hydrogens is 418 g/mol. The lowest BCUT2D eigenvalue weighted by Gasteiger charge is -2.34. The van der Waals surface area contributed by atoms with Crippen molar-refractivity contribution >= 4 is 29.9 Å². The number of benzene rings is 2. The number of carbonyl (C=O) groups excluding carboxylic acids is 2. The van der Waals surface area contributed by atoms with Crippen LogP contribution in [0.2, 0.25) is 0 Å². The molecule has 8 heteroatoms. The number of amides is 2. The zero-order chi connectivity index (χ0) is 20.9. The fourth-order valence-corrected chi connectivity index (χ4v) is 3.84. The smallest absolute Gasteiger partial charge is 0.253 e. The summed E-state index contributed by atoms with van der Waals surface area (Å²) in [7, 11) is 1.64. The Bertz CT molecular complexity index is 912. The molecule has 0 radical (unpaired) electrons. The quantitative estimate of drug-likeness (QED) is 0.740. The van der Waals surface area contributed by atoms with Gasteiger partial charge >= 0.3 is 0 Å². The lowest BCUT2D eigenvalue weighted by molar-refractivity contribution is -0.116. The Balaban J connectivity index is 0.00000272. The van der Waals surface area contributed by atoms with E-state index >= 15 is 0 Å². The molecule has 4 rings (SSSR count). The van der Waals surface area contributed by atoms with Gasteiger partial charge < -0.3 is 19.7 Å². The number of carbonyl (C=O) groups is 2. The number of nitrogens with one attached hydrogen (secondary N) is 1. The van der Waals surface area contributed by atoms with Gasteiger partial charge in [-0.05, 0) is 54.4 Å². The summed E-state index contributed by atoms with van der Waals surface area (Å²) in [5, 5.41) is 2.86. The Kier molecular flexibility index (Phi) is 7.76. The first-order valence-electron chi connectivity index (χ1n) is 10.3. The van der Waals surface area contributed by atoms with Gasteiger partial charge in [0.15, 0.2) is 0 Å². The fourth-order valence-electron chi connectivity index (χ4n) is 3.84. The maximum Gasteiger partial charge on any atom is 0.253 e. The first kappa shape index (κ1) is 22.9. The molecule has 0 atom stereocenters. The van der Waals surface area contributed by atoms with Crippen molar-refractivity contribution in [1.82, 2.24) is 9.80 Å². The Morgan fingerprint density at radius 2 is 1.71 bits per heavy atom. The number of aryl methyl sites for hydroxylation is 1. The van der Waals surface area contributed by atoms with Crippen LogP contribution in [0.4, 0.5) is 5.69 Å². The highest BCUT2D eigenvalue weighted by Crippen LogP contribution is 2.24. The van der Waals surface area contributed by atoms with Gasteiger partial charge in [-0.15, -0.1) is 12.4 Å². The predicted molar refractivity (Wildman–Crippen MR) is 121 cm³/mol. The Labute approximate surface area is 188 Å². The van der Waals surface area contributed by atoms with Crippen molar-refractivity contribution in [2.45, 2.75) is 12.8 Å². The van der Waals surface area contributed by atoms with Crippen LogP contribution in [0.3, 0.4) is 0 Å². The molecule has 2 aromatic carbocycles. The van der Waals surface area contributed by atoms with E-state index in [0.29, 0.717) is 38.1 Å². The molecule has 1 fully saturated rings. The molecular formula is C23H28ClN3O4. The zero-order valence-corrected chi connectivity index (χ0v) is 18.5. The molecule has 0 saturated carbocycles. The minimum absolute atomic E-state index is 0. The number of methoxy groups -OCH3 is 1. The van der Waals surface area contributed by atoms with E-state index in [1.165, 1.54) is 0 Å². The van der Waals surface area contributed by atoms with Crippen LogP contribution in [0.15, 0.2) is 42.5 Å². The van der Waals surface area contributed by atoms with Crippen LogP contribution < -0.4 is 14.8 Å². The SMILES string of the molecule is COc1ccc(OCCN2CCN(C(=O)c3ccc4c(c3)CCC(=O)N4)CC2)cc1.Cl. The van der Waals surface area contributed by atoms with Gasteiger partial charge in [0, 0.05) is 50.4 Å². The van der Waals surface area contributed by atoms with Gasteiger partial charge in [0.05, 0.1) is 7.11 Å². The highest BCUT2D eigenvalue weighted by molar-refractivity contribution is 5.98. The van der Waals surface area contributed by atoms with Crippen LogP contribution in [-0.4, -0.2) is 68.1 Å². The van der Waals surface area contributed by atoms with E-state index in [1.54, 1.807) is 7.11 Å². The van der Waals surface area contributed by atoms with Gasteiger partial charge in [0.25, 0.3) is 5.91 Å². The monoisotopic (exact) mass is 445 g/mol. The molecule has 2 amide bonds. The minimum atomic E-state index is 0. The summed E-state index contributed by atoms with van der Waals surface area (Å²) in [4.78, 5) is 28.6. The van der Waals surface area contributed by atoms with Crippen LogP contribution in [0.25, 0.3) is 0 Å². The average Bonchev–Trinajstić information content (AvgIpc) is 2.79. The lowest BCUT2D eigenvalue weighted by atomic mass is 10.00. The van der Waals surface area contributed by atoms with Crippen molar-refractivity contribution in [2.75, 3.05) is 51.8 Å². The number of nitrogens with zero attached hydrogens (tertiary/aromatic N) is 2. The van der Waals surface area contributed by atoms with E-state index in [4.69, 9.17) is 9.47 Å². The highest BCUT2D eigenvalue weighted by atomic mass is 35.5. The van der Waals surface area contributed by atoms with Crippen molar-refractivity contribution in [2.24, 2.45) is 0 Å². The summed E-state index contributed by atoms with van der Waals surface area (Å²) in [5.41, 5.74) is 2.56. The molecule has 2 heterocycles. The van der Waals surface area contributed by atoms with Crippen molar-refractivity contribution in [1.29, 1.82) is 0 Å². The van der Waals surface area contributed by atoms with E-state index in [1.807, 2.05) is 47.4 Å². The third-order valence-electron chi connectivity index (χ3n) is 5.64. The number of anilines is 1. The third kappa shape index (κ3) is 5.68. The Morgan fingerprint density at radius 1 is 1.00 bits per heavy atom. The molecule has 0 bridgehead atoms. The molecule has 7 nitrogen and oxygen atoms in total. The maximum absolute atomic E-state index is 12.9. The third-order valence-corrected chi connectivity index (χ3v) is 5.64. The van der Waals surface area contributed by atoms with Gasteiger partial charge in [0.2, 0.25) is 5.91 Å². The van der Waals surface area contributed by atoms with Crippen LogP contribution in [0, 0.1) is 0 Å². The van der Waals surface area contributed by atoms with E-state index in [-0.39, 0.29) is 24.2 Å². The van der Waals surface area contributed by atoms with Gasteiger partial charge in [-0.2, -0.15) is 0 Å². The molecule has 0 unspecified atom stereocenters. The van der Waals surface area contributed by atoms with Crippen LogP contribution >= 0.6 is 12.4 Å². The predicted octanol–water partition coefficient (Wildman–Crippen LogP) is 2.84. The normalized spacial score (nSPS) is 16.0. The topological polar surface area (TPSA) is 71.1 Å². The minimum Gasteiger partial charge on any atom is -0.497 e. The number of rotatable bonds is 6. The number of fused-ring (bicyclic) bond motifs is 1. The second-order valence-electron chi connectivity index (χ2n) is 7.58. The lowest BCUT2D eigenvalue weighted by Crippen LogP contribution is -2.49. The first-order valence-corrected chi connectivity index (χ1v) is 10.3. The van der Waals surface area contributed by atoms with Crippen LogP contribution in [0.5, 0.6) is 11.5 Å². The number of hydrogen-bond donors (Lipinski definition) is 1. The van der Waals surface area contributed by atoms with Crippen molar-refractivity contribution in [3.05, 3.63) is 53.6 Å². The van der Waals surface area contributed by atoms with E-state index in [2.05, 4.69) is 10.2 Å².